The van der Waals surface area contributed by atoms with Crippen LogP contribution in [0.2, 0.25) is 0 Å². The van der Waals surface area contributed by atoms with Gasteiger partial charge in [-0.25, -0.2) is 9.18 Å². The first-order chi connectivity index (χ1) is 15.0. The van der Waals surface area contributed by atoms with E-state index in [2.05, 4.69) is 9.88 Å². The first-order valence-corrected chi connectivity index (χ1v) is 10.4. The van der Waals surface area contributed by atoms with E-state index in [1.165, 1.54) is 35.0 Å². The lowest BCUT2D eigenvalue weighted by Gasteiger charge is -2.31. The fourth-order valence-corrected chi connectivity index (χ4v) is 4.05. The van der Waals surface area contributed by atoms with E-state index in [4.69, 9.17) is 0 Å². The highest BCUT2D eigenvalue weighted by atomic mass is 35.5. The molecule has 0 unspecified atom stereocenters. The first-order valence-electron chi connectivity index (χ1n) is 10.4. The van der Waals surface area contributed by atoms with Crippen molar-refractivity contribution in [3.05, 3.63) is 93.0 Å². The number of hydrogen-bond donors (Lipinski definition) is 1. The van der Waals surface area contributed by atoms with Crippen molar-refractivity contribution in [2.24, 2.45) is 5.92 Å². The molecule has 6 nitrogen and oxygen atoms in total. The summed E-state index contributed by atoms with van der Waals surface area (Å²) in [5.41, 5.74) is 1.03. The molecular formula is C24H25ClFN3O3. The molecule has 0 aliphatic carbocycles. The Morgan fingerprint density at radius 2 is 1.62 bits per heavy atom. The van der Waals surface area contributed by atoms with Gasteiger partial charge in [0.2, 0.25) is 0 Å². The highest BCUT2D eigenvalue weighted by molar-refractivity contribution is 5.97. The third-order valence-corrected chi connectivity index (χ3v) is 5.87. The summed E-state index contributed by atoms with van der Waals surface area (Å²) in [5, 5.41) is 0. The number of likely N-dealkylation sites (tertiary alicyclic amines) is 1. The van der Waals surface area contributed by atoms with Gasteiger partial charge in [0.15, 0.2) is 5.78 Å². The zero-order valence-corrected chi connectivity index (χ0v) is 18.3. The lowest BCUT2D eigenvalue weighted by Crippen LogP contribution is -2.42. The summed E-state index contributed by atoms with van der Waals surface area (Å²) in [6.45, 7) is 2.26. The van der Waals surface area contributed by atoms with Gasteiger partial charge in [-0.1, -0.05) is 30.3 Å². The molecule has 0 radical (unpaired) electrons. The van der Waals surface area contributed by atoms with Crippen molar-refractivity contribution in [3.8, 4) is 11.1 Å². The van der Waals surface area contributed by atoms with Gasteiger partial charge in [-0.3, -0.25) is 14.2 Å². The average Bonchev–Trinajstić information content (AvgIpc) is 2.80. The smallest absolute Gasteiger partial charge is 0.313 e. The number of carbonyl (C=O) groups excluding carboxylic acids is 1. The van der Waals surface area contributed by atoms with Crippen LogP contribution >= 0.6 is 12.4 Å². The molecule has 1 aliphatic heterocycles. The Hall–Kier alpha value is -3.03. The summed E-state index contributed by atoms with van der Waals surface area (Å²) in [7, 11) is 0. The van der Waals surface area contributed by atoms with Crippen LogP contribution in [0.5, 0.6) is 0 Å². The van der Waals surface area contributed by atoms with Crippen LogP contribution in [0.4, 0.5) is 4.39 Å². The molecule has 1 fully saturated rings. The van der Waals surface area contributed by atoms with Gasteiger partial charge in [0.1, 0.15) is 5.82 Å². The molecule has 1 N–H and O–H groups in total. The second-order valence-corrected chi connectivity index (χ2v) is 7.82. The molecule has 1 saturated heterocycles. The van der Waals surface area contributed by atoms with Crippen LogP contribution in [0.15, 0.2) is 70.4 Å². The van der Waals surface area contributed by atoms with Gasteiger partial charge in [0.25, 0.3) is 5.56 Å². The second kappa shape index (κ2) is 10.5. The molecule has 4 rings (SSSR count). The maximum absolute atomic E-state index is 13.1. The van der Waals surface area contributed by atoms with Gasteiger partial charge >= 0.3 is 5.69 Å². The van der Waals surface area contributed by atoms with Gasteiger partial charge in [-0.15, -0.1) is 12.4 Å². The summed E-state index contributed by atoms with van der Waals surface area (Å²) in [6, 6.07) is 14.9. The predicted molar refractivity (Wildman–Crippen MR) is 124 cm³/mol. The van der Waals surface area contributed by atoms with E-state index in [0.717, 1.165) is 5.56 Å². The summed E-state index contributed by atoms with van der Waals surface area (Å²) in [6.07, 6.45) is 2.86. The van der Waals surface area contributed by atoms with Crippen LogP contribution < -0.4 is 11.2 Å². The van der Waals surface area contributed by atoms with E-state index in [1.54, 1.807) is 0 Å². The number of halogens is 2. The average molecular weight is 458 g/mol. The summed E-state index contributed by atoms with van der Waals surface area (Å²) in [5.74, 6) is -0.398. The van der Waals surface area contributed by atoms with E-state index in [-0.39, 0.29) is 42.0 Å². The minimum absolute atomic E-state index is 0. The van der Waals surface area contributed by atoms with E-state index >= 15 is 0 Å². The third kappa shape index (κ3) is 5.23. The number of carbonyl (C=O) groups is 1. The van der Waals surface area contributed by atoms with E-state index in [9.17, 15) is 18.8 Å². The zero-order chi connectivity index (χ0) is 21.8. The molecule has 3 aromatic rings. The molecule has 0 bridgehead atoms. The fraction of sp³-hybridized carbons (Fsp3) is 0.292. The highest BCUT2D eigenvalue weighted by Crippen LogP contribution is 2.22. The topological polar surface area (TPSA) is 75.2 Å². The molecule has 2 heterocycles. The molecule has 2 aromatic carbocycles. The van der Waals surface area contributed by atoms with Gasteiger partial charge < -0.3 is 9.88 Å². The number of piperidine rings is 1. The number of benzene rings is 2. The van der Waals surface area contributed by atoms with Crippen molar-refractivity contribution in [2.45, 2.75) is 19.4 Å². The van der Waals surface area contributed by atoms with Crippen LogP contribution in [0.1, 0.15) is 23.2 Å². The number of rotatable bonds is 6. The maximum Gasteiger partial charge on any atom is 0.328 e. The zero-order valence-electron chi connectivity index (χ0n) is 17.5. The highest BCUT2D eigenvalue weighted by Gasteiger charge is 2.26. The molecule has 1 aromatic heterocycles. The van der Waals surface area contributed by atoms with Crippen LogP contribution in [0.3, 0.4) is 0 Å². The Morgan fingerprint density at radius 1 is 0.969 bits per heavy atom. The van der Waals surface area contributed by atoms with E-state index in [0.29, 0.717) is 43.6 Å². The monoisotopic (exact) mass is 457 g/mol. The SMILES string of the molecule is Cl.O=C(c1ccc(F)cc1)C1CCN(CCn2c(=O)[nH]cc(-c3ccccc3)c2=O)CC1. The van der Waals surface area contributed by atoms with Crippen LogP contribution in [0, 0.1) is 11.7 Å². The molecule has 0 saturated carbocycles. The molecule has 168 valence electrons. The molecule has 0 spiro atoms. The van der Waals surface area contributed by atoms with Gasteiger partial charge in [-0.2, -0.15) is 0 Å². The number of nitrogens with one attached hydrogen (secondary N) is 1. The van der Waals surface area contributed by atoms with Crippen LogP contribution in [-0.2, 0) is 6.54 Å². The molecular weight excluding hydrogens is 433 g/mol. The van der Waals surface area contributed by atoms with Crippen molar-refractivity contribution in [2.75, 3.05) is 19.6 Å². The Kier molecular flexibility index (Phi) is 7.77. The van der Waals surface area contributed by atoms with Crippen molar-refractivity contribution < 1.29 is 9.18 Å². The lowest BCUT2D eigenvalue weighted by molar-refractivity contribution is 0.0837. The minimum atomic E-state index is -0.425. The summed E-state index contributed by atoms with van der Waals surface area (Å²) in [4.78, 5) is 42.5. The summed E-state index contributed by atoms with van der Waals surface area (Å²) >= 11 is 0. The number of ketones is 1. The van der Waals surface area contributed by atoms with Gasteiger partial charge in [-0.05, 0) is 55.8 Å². The van der Waals surface area contributed by atoms with Crippen molar-refractivity contribution in [3.63, 3.8) is 0 Å². The number of aromatic amines is 1. The quantitative estimate of drug-likeness (QED) is 0.576. The third-order valence-electron chi connectivity index (χ3n) is 5.87. The minimum Gasteiger partial charge on any atom is -0.313 e. The Morgan fingerprint density at radius 3 is 2.28 bits per heavy atom. The maximum atomic E-state index is 13.1. The van der Waals surface area contributed by atoms with Gasteiger partial charge in [0.05, 0.1) is 5.56 Å². The molecule has 0 atom stereocenters. The number of H-pyrrole nitrogens is 1. The molecule has 0 amide bonds. The molecule has 1 aliphatic rings. The Balaban J connectivity index is 0.00000289. The van der Waals surface area contributed by atoms with Gasteiger partial charge in [0, 0.05) is 30.8 Å². The predicted octanol–water partition coefficient (Wildman–Crippen LogP) is 3.36. The van der Waals surface area contributed by atoms with E-state index < -0.39 is 5.69 Å². The number of hydrogen-bond acceptors (Lipinski definition) is 4. The van der Waals surface area contributed by atoms with Crippen LogP contribution in [0.25, 0.3) is 11.1 Å². The van der Waals surface area contributed by atoms with Crippen molar-refractivity contribution in [1.29, 1.82) is 0 Å². The molecule has 8 heteroatoms. The Labute approximate surface area is 191 Å². The Bertz CT molecular complexity index is 1170. The number of Topliss-reactive ketones (excluding diaryl/α,β-unsaturated/α-hetero) is 1. The molecule has 32 heavy (non-hydrogen) atoms. The standard InChI is InChI=1S/C24H24FN3O3.ClH/c25-20-8-6-18(7-9-20)22(29)19-10-12-27(13-11-19)14-15-28-23(30)21(16-26-24(28)31)17-4-2-1-3-5-17;/h1-9,16,19H,10-15H2,(H,26,31);1H. The van der Waals surface area contributed by atoms with Crippen molar-refractivity contribution >= 4 is 18.2 Å². The first kappa shape index (κ1) is 23.6. The lowest BCUT2D eigenvalue weighted by atomic mass is 9.89. The number of aromatic nitrogens is 2. The van der Waals surface area contributed by atoms with Crippen molar-refractivity contribution in [1.82, 2.24) is 14.5 Å². The summed E-state index contributed by atoms with van der Waals surface area (Å²) < 4.78 is 14.3. The largest absolute Gasteiger partial charge is 0.328 e. The van der Waals surface area contributed by atoms with Crippen LogP contribution in [-0.4, -0.2) is 39.9 Å². The second-order valence-electron chi connectivity index (χ2n) is 7.82. The normalized spacial score (nSPS) is 14.7. The number of nitrogens with zero attached hydrogens (tertiary/aromatic N) is 2. The van der Waals surface area contributed by atoms with E-state index in [1.807, 2.05) is 30.3 Å². The fourth-order valence-electron chi connectivity index (χ4n) is 4.05.